The summed E-state index contributed by atoms with van der Waals surface area (Å²) < 4.78 is 27.0. The molecule has 1 aromatic carbocycles. The van der Waals surface area contributed by atoms with Crippen LogP contribution in [0.1, 0.15) is 38.5 Å². The molecule has 0 amide bonds. The zero-order chi connectivity index (χ0) is 14.6. The topological polar surface area (TPSA) is 72.2 Å². The summed E-state index contributed by atoms with van der Waals surface area (Å²) in [7, 11) is -3.58. The minimum absolute atomic E-state index is 0.0582. The molecule has 1 aliphatic carbocycles. The molecule has 6 heteroatoms. The number of nitrogens with one attached hydrogen (secondary N) is 1. The number of benzene rings is 1. The Bertz CT molecular complexity index is 554. The highest BCUT2D eigenvalue weighted by Gasteiger charge is 2.19. The van der Waals surface area contributed by atoms with Crippen LogP contribution in [0.5, 0.6) is 0 Å². The van der Waals surface area contributed by atoms with Crippen molar-refractivity contribution in [2.45, 2.75) is 43.4 Å². The number of halogens is 1. The van der Waals surface area contributed by atoms with Crippen LogP contribution < -0.4 is 10.5 Å². The molecule has 1 saturated carbocycles. The Hall–Kier alpha value is -0.780. The van der Waals surface area contributed by atoms with Gasteiger partial charge in [-0.1, -0.05) is 43.7 Å². The third-order valence-electron chi connectivity index (χ3n) is 3.81. The monoisotopic (exact) mass is 316 g/mol. The van der Waals surface area contributed by atoms with E-state index in [1.807, 2.05) is 0 Å². The highest BCUT2D eigenvalue weighted by molar-refractivity contribution is 7.89. The van der Waals surface area contributed by atoms with Crippen LogP contribution in [-0.4, -0.2) is 15.0 Å². The van der Waals surface area contributed by atoms with Crippen LogP contribution in [-0.2, 0) is 10.0 Å². The number of anilines is 1. The molecule has 0 heterocycles. The van der Waals surface area contributed by atoms with Crippen molar-refractivity contribution in [2.24, 2.45) is 5.92 Å². The molecule has 0 unspecified atom stereocenters. The summed E-state index contributed by atoms with van der Waals surface area (Å²) in [6, 6.07) is 4.49. The smallest absolute Gasteiger partial charge is 0.242 e. The SMILES string of the molecule is Nc1ccc(Cl)c(S(=O)(=O)NCCC2CCCCC2)c1. The van der Waals surface area contributed by atoms with E-state index >= 15 is 0 Å². The van der Waals surface area contributed by atoms with Crippen molar-refractivity contribution in [1.29, 1.82) is 0 Å². The summed E-state index contributed by atoms with van der Waals surface area (Å²) in [6.07, 6.45) is 7.14. The fourth-order valence-electron chi connectivity index (χ4n) is 2.68. The number of sulfonamides is 1. The molecule has 0 atom stereocenters. The number of rotatable bonds is 5. The van der Waals surface area contributed by atoms with Crippen molar-refractivity contribution >= 4 is 27.3 Å². The molecule has 0 saturated heterocycles. The van der Waals surface area contributed by atoms with Gasteiger partial charge in [0.15, 0.2) is 0 Å². The molecule has 1 fully saturated rings. The number of nitrogen functional groups attached to an aromatic ring is 1. The van der Waals surface area contributed by atoms with Crippen molar-refractivity contribution in [3.8, 4) is 0 Å². The Labute approximate surface area is 125 Å². The first-order valence-electron chi connectivity index (χ1n) is 7.04. The number of nitrogens with two attached hydrogens (primary N) is 1. The molecule has 0 aromatic heterocycles. The van der Waals surface area contributed by atoms with E-state index in [0.29, 0.717) is 18.2 Å². The molecule has 0 spiro atoms. The van der Waals surface area contributed by atoms with Crippen LogP contribution >= 0.6 is 11.6 Å². The Morgan fingerprint density at radius 1 is 1.25 bits per heavy atom. The molecule has 20 heavy (non-hydrogen) atoms. The predicted molar refractivity (Wildman–Crippen MR) is 82.2 cm³/mol. The van der Waals surface area contributed by atoms with Gasteiger partial charge in [0.1, 0.15) is 4.90 Å². The average molecular weight is 317 g/mol. The van der Waals surface area contributed by atoms with E-state index in [1.165, 1.54) is 44.2 Å². The van der Waals surface area contributed by atoms with Gasteiger partial charge in [-0.05, 0) is 30.5 Å². The maximum atomic E-state index is 12.2. The molecule has 2 rings (SSSR count). The second-order valence-corrected chi connectivity index (χ2v) is 7.52. The van der Waals surface area contributed by atoms with Gasteiger partial charge in [0, 0.05) is 12.2 Å². The largest absolute Gasteiger partial charge is 0.399 e. The molecule has 112 valence electrons. The van der Waals surface area contributed by atoms with E-state index in [4.69, 9.17) is 17.3 Å². The fourth-order valence-corrected chi connectivity index (χ4v) is 4.26. The van der Waals surface area contributed by atoms with E-state index in [0.717, 1.165) is 6.42 Å². The molecule has 1 aliphatic rings. The average Bonchev–Trinajstić information content (AvgIpc) is 2.42. The standard InChI is InChI=1S/C14H21ClN2O2S/c15-13-7-6-12(16)10-14(13)20(18,19)17-9-8-11-4-2-1-3-5-11/h6-7,10-11,17H,1-5,8-9,16H2. The van der Waals surface area contributed by atoms with Crippen molar-refractivity contribution in [3.63, 3.8) is 0 Å². The second-order valence-electron chi connectivity index (χ2n) is 5.38. The normalized spacial score (nSPS) is 17.2. The van der Waals surface area contributed by atoms with Crippen molar-refractivity contribution in [1.82, 2.24) is 4.72 Å². The first-order valence-corrected chi connectivity index (χ1v) is 8.90. The first kappa shape index (κ1) is 15.6. The van der Waals surface area contributed by atoms with Crippen molar-refractivity contribution in [3.05, 3.63) is 23.2 Å². The Balaban J connectivity index is 1.95. The van der Waals surface area contributed by atoms with Gasteiger partial charge >= 0.3 is 0 Å². The lowest BCUT2D eigenvalue weighted by molar-refractivity contribution is 0.339. The van der Waals surface area contributed by atoms with Gasteiger partial charge in [0.2, 0.25) is 10.0 Å². The van der Waals surface area contributed by atoms with E-state index in [1.54, 1.807) is 6.07 Å². The number of hydrogen-bond donors (Lipinski definition) is 2. The first-order chi connectivity index (χ1) is 9.49. The molecule has 3 N–H and O–H groups in total. The Kier molecular flexibility index (Phi) is 5.29. The van der Waals surface area contributed by atoms with Crippen LogP contribution in [0.4, 0.5) is 5.69 Å². The Morgan fingerprint density at radius 2 is 1.95 bits per heavy atom. The molecule has 0 bridgehead atoms. The van der Waals surface area contributed by atoms with Crippen molar-refractivity contribution in [2.75, 3.05) is 12.3 Å². The van der Waals surface area contributed by atoms with Gasteiger partial charge in [-0.2, -0.15) is 0 Å². The van der Waals surface area contributed by atoms with E-state index in [9.17, 15) is 8.42 Å². The Morgan fingerprint density at radius 3 is 2.65 bits per heavy atom. The maximum Gasteiger partial charge on any atom is 0.242 e. The summed E-state index contributed by atoms with van der Waals surface area (Å²) in [6.45, 7) is 0.456. The lowest BCUT2D eigenvalue weighted by Crippen LogP contribution is -2.27. The van der Waals surface area contributed by atoms with Gasteiger partial charge in [0.05, 0.1) is 5.02 Å². The van der Waals surface area contributed by atoms with Crippen LogP contribution in [0.3, 0.4) is 0 Å². The van der Waals surface area contributed by atoms with Crippen LogP contribution in [0, 0.1) is 5.92 Å². The van der Waals surface area contributed by atoms with Crippen LogP contribution in [0.15, 0.2) is 23.1 Å². The summed E-state index contributed by atoms with van der Waals surface area (Å²) >= 11 is 5.93. The second kappa shape index (κ2) is 6.78. The number of hydrogen-bond acceptors (Lipinski definition) is 3. The van der Waals surface area contributed by atoms with Gasteiger partial charge in [-0.15, -0.1) is 0 Å². The van der Waals surface area contributed by atoms with E-state index in [-0.39, 0.29) is 9.92 Å². The van der Waals surface area contributed by atoms with E-state index < -0.39 is 10.0 Å². The molecule has 4 nitrogen and oxygen atoms in total. The van der Waals surface area contributed by atoms with Crippen molar-refractivity contribution < 1.29 is 8.42 Å². The van der Waals surface area contributed by atoms with E-state index in [2.05, 4.69) is 4.72 Å². The summed E-state index contributed by atoms with van der Waals surface area (Å²) in [5, 5.41) is 0.198. The van der Waals surface area contributed by atoms with Gasteiger partial charge in [-0.25, -0.2) is 13.1 Å². The molecule has 0 aliphatic heterocycles. The molecule has 0 radical (unpaired) electrons. The van der Waals surface area contributed by atoms with Crippen LogP contribution in [0.2, 0.25) is 5.02 Å². The highest BCUT2D eigenvalue weighted by atomic mass is 35.5. The zero-order valence-electron chi connectivity index (χ0n) is 11.4. The van der Waals surface area contributed by atoms with Gasteiger partial charge < -0.3 is 5.73 Å². The maximum absolute atomic E-state index is 12.2. The lowest BCUT2D eigenvalue weighted by atomic mass is 9.87. The summed E-state index contributed by atoms with van der Waals surface area (Å²) in [5.74, 6) is 0.641. The van der Waals surface area contributed by atoms with Crippen LogP contribution in [0.25, 0.3) is 0 Å². The summed E-state index contributed by atoms with van der Waals surface area (Å²) in [5.41, 5.74) is 6.01. The lowest BCUT2D eigenvalue weighted by Gasteiger charge is -2.21. The predicted octanol–water partition coefficient (Wildman–Crippen LogP) is 3.17. The summed E-state index contributed by atoms with van der Waals surface area (Å²) in [4.78, 5) is 0.0582. The molecule has 1 aromatic rings. The third-order valence-corrected chi connectivity index (χ3v) is 5.76. The third kappa shape index (κ3) is 4.11. The van der Waals surface area contributed by atoms with Gasteiger partial charge in [0.25, 0.3) is 0 Å². The van der Waals surface area contributed by atoms with Gasteiger partial charge in [-0.3, -0.25) is 0 Å². The minimum Gasteiger partial charge on any atom is -0.399 e. The zero-order valence-corrected chi connectivity index (χ0v) is 13.0. The fraction of sp³-hybridized carbons (Fsp3) is 0.571. The quantitative estimate of drug-likeness (QED) is 0.819. The minimum atomic E-state index is -3.58. The highest BCUT2D eigenvalue weighted by Crippen LogP contribution is 2.27. The molecular formula is C14H21ClN2O2S. The molecular weight excluding hydrogens is 296 g/mol.